The molecule has 0 aliphatic rings. The lowest BCUT2D eigenvalue weighted by Gasteiger charge is -2.13. The van der Waals surface area contributed by atoms with Crippen LogP contribution >= 0.6 is 0 Å². The van der Waals surface area contributed by atoms with Crippen molar-refractivity contribution in [2.45, 2.75) is 38.1 Å². The van der Waals surface area contributed by atoms with Gasteiger partial charge >= 0.3 is 0 Å². The Morgan fingerprint density at radius 3 is 2.20 bits per heavy atom. The summed E-state index contributed by atoms with van der Waals surface area (Å²) in [5.41, 5.74) is 3.34. The fourth-order valence-corrected chi connectivity index (χ4v) is 3.67. The van der Waals surface area contributed by atoms with Crippen LogP contribution < -0.4 is 14.2 Å². The zero-order valence-electron chi connectivity index (χ0n) is 15.1. The van der Waals surface area contributed by atoms with E-state index in [4.69, 9.17) is 9.47 Å². The van der Waals surface area contributed by atoms with Crippen molar-refractivity contribution in [2.75, 3.05) is 14.2 Å². The molecule has 2 aromatic carbocycles. The summed E-state index contributed by atoms with van der Waals surface area (Å²) < 4.78 is 38.3. The quantitative estimate of drug-likeness (QED) is 0.781. The van der Waals surface area contributed by atoms with Crippen LogP contribution in [-0.2, 0) is 29.4 Å². The van der Waals surface area contributed by atoms with E-state index in [1.807, 2.05) is 0 Å². The first-order valence-corrected chi connectivity index (χ1v) is 9.75. The van der Waals surface area contributed by atoms with Gasteiger partial charge in [-0.05, 0) is 41.7 Å². The maximum absolute atomic E-state index is 12.6. The number of nitrogens with one attached hydrogen (secondary N) is 1. The fourth-order valence-electron chi connectivity index (χ4n) is 2.65. The molecule has 2 aromatic rings. The summed E-state index contributed by atoms with van der Waals surface area (Å²) in [7, 11) is -0.657. The van der Waals surface area contributed by atoms with Crippen LogP contribution in [0.1, 0.15) is 30.5 Å². The Hall–Kier alpha value is -2.05. The lowest BCUT2D eigenvalue weighted by Crippen LogP contribution is -2.24. The molecule has 6 heteroatoms. The number of hydrogen-bond acceptors (Lipinski definition) is 4. The minimum atomic E-state index is -3.65. The van der Waals surface area contributed by atoms with Gasteiger partial charge in [0.05, 0.1) is 19.1 Å². The topological polar surface area (TPSA) is 64.6 Å². The number of hydrogen-bond donors (Lipinski definition) is 1. The lowest BCUT2D eigenvalue weighted by molar-refractivity contribution is 0.354. The SMILES string of the molecule is CCc1ccc(CC)c(CNS(=O)(=O)c2ccc(OC)c(OC)c2)c1. The normalized spacial score (nSPS) is 11.4. The van der Waals surface area contributed by atoms with Crippen molar-refractivity contribution in [2.24, 2.45) is 0 Å². The van der Waals surface area contributed by atoms with Gasteiger partial charge in [-0.3, -0.25) is 0 Å². The minimum absolute atomic E-state index is 0.148. The van der Waals surface area contributed by atoms with Crippen molar-refractivity contribution in [1.82, 2.24) is 4.72 Å². The first-order valence-electron chi connectivity index (χ1n) is 8.27. The summed E-state index contributed by atoms with van der Waals surface area (Å²) in [4.78, 5) is 0.148. The van der Waals surface area contributed by atoms with Gasteiger partial charge < -0.3 is 9.47 Å². The van der Waals surface area contributed by atoms with E-state index in [0.29, 0.717) is 11.5 Å². The predicted octanol–water partition coefficient (Wildman–Crippen LogP) is 3.31. The molecule has 0 aromatic heterocycles. The predicted molar refractivity (Wildman–Crippen MR) is 98.8 cm³/mol. The van der Waals surface area contributed by atoms with Crippen LogP contribution in [0.2, 0.25) is 0 Å². The smallest absolute Gasteiger partial charge is 0.241 e. The van der Waals surface area contributed by atoms with Crippen LogP contribution in [0.4, 0.5) is 0 Å². The summed E-state index contributed by atoms with van der Waals surface area (Å²) in [5, 5.41) is 0. The van der Waals surface area contributed by atoms with Crippen LogP contribution in [0.5, 0.6) is 11.5 Å². The van der Waals surface area contributed by atoms with E-state index in [1.54, 1.807) is 6.07 Å². The Bertz CT molecular complexity index is 831. The molecule has 0 saturated carbocycles. The maximum atomic E-state index is 12.6. The maximum Gasteiger partial charge on any atom is 0.241 e. The monoisotopic (exact) mass is 363 g/mol. The Morgan fingerprint density at radius 1 is 0.880 bits per heavy atom. The molecule has 5 nitrogen and oxygen atoms in total. The molecule has 136 valence electrons. The third-order valence-electron chi connectivity index (χ3n) is 4.18. The number of sulfonamides is 1. The van der Waals surface area contributed by atoms with Crippen LogP contribution in [0.15, 0.2) is 41.3 Å². The van der Waals surface area contributed by atoms with E-state index in [1.165, 1.54) is 31.9 Å². The van der Waals surface area contributed by atoms with Crippen LogP contribution in [0.25, 0.3) is 0 Å². The molecule has 0 atom stereocenters. The lowest BCUT2D eigenvalue weighted by atomic mass is 10.0. The first kappa shape index (κ1) is 19.3. The molecule has 0 bridgehead atoms. The highest BCUT2D eigenvalue weighted by atomic mass is 32.2. The van der Waals surface area contributed by atoms with Gasteiger partial charge in [0.15, 0.2) is 11.5 Å². The number of ether oxygens (including phenoxy) is 2. The average molecular weight is 363 g/mol. The summed E-state index contributed by atoms with van der Waals surface area (Å²) >= 11 is 0. The molecule has 2 rings (SSSR count). The Kier molecular flexibility index (Phi) is 6.45. The third kappa shape index (κ3) is 4.52. The molecule has 0 aliphatic heterocycles. The van der Waals surface area contributed by atoms with E-state index < -0.39 is 10.0 Å². The Morgan fingerprint density at radius 2 is 1.60 bits per heavy atom. The van der Waals surface area contributed by atoms with E-state index in [-0.39, 0.29) is 11.4 Å². The number of benzene rings is 2. The van der Waals surface area contributed by atoms with Crippen molar-refractivity contribution < 1.29 is 17.9 Å². The van der Waals surface area contributed by atoms with E-state index >= 15 is 0 Å². The van der Waals surface area contributed by atoms with E-state index in [0.717, 1.165) is 24.0 Å². The second-order valence-corrected chi connectivity index (χ2v) is 7.42. The van der Waals surface area contributed by atoms with Crippen LogP contribution in [0, 0.1) is 0 Å². The summed E-state index contributed by atoms with van der Waals surface area (Å²) in [6, 6.07) is 10.8. The van der Waals surface area contributed by atoms with Crippen molar-refractivity contribution in [3.05, 3.63) is 53.1 Å². The van der Waals surface area contributed by atoms with Gasteiger partial charge in [0.1, 0.15) is 0 Å². The van der Waals surface area contributed by atoms with Crippen molar-refractivity contribution in [3.8, 4) is 11.5 Å². The number of methoxy groups -OCH3 is 2. The third-order valence-corrected chi connectivity index (χ3v) is 5.58. The Labute approximate surface area is 150 Å². The molecule has 0 aliphatic carbocycles. The van der Waals surface area contributed by atoms with Crippen molar-refractivity contribution in [1.29, 1.82) is 0 Å². The molecule has 0 radical (unpaired) electrons. The van der Waals surface area contributed by atoms with Gasteiger partial charge in [-0.2, -0.15) is 0 Å². The molecule has 0 spiro atoms. The molecule has 0 saturated heterocycles. The van der Waals surface area contributed by atoms with Gasteiger partial charge in [-0.15, -0.1) is 0 Å². The van der Waals surface area contributed by atoms with Gasteiger partial charge in [0, 0.05) is 12.6 Å². The Balaban J connectivity index is 2.25. The highest BCUT2D eigenvalue weighted by Crippen LogP contribution is 2.29. The molecule has 0 unspecified atom stereocenters. The number of rotatable bonds is 8. The first-order chi connectivity index (χ1) is 11.9. The van der Waals surface area contributed by atoms with Crippen molar-refractivity contribution >= 4 is 10.0 Å². The van der Waals surface area contributed by atoms with Gasteiger partial charge in [0.2, 0.25) is 10.0 Å². The highest BCUT2D eigenvalue weighted by molar-refractivity contribution is 7.89. The van der Waals surface area contributed by atoms with E-state index in [9.17, 15) is 8.42 Å². The zero-order chi connectivity index (χ0) is 18.4. The second-order valence-electron chi connectivity index (χ2n) is 5.65. The number of aryl methyl sites for hydroxylation is 2. The summed E-state index contributed by atoms with van der Waals surface area (Å²) in [6.45, 7) is 4.40. The molecule has 0 amide bonds. The molecule has 25 heavy (non-hydrogen) atoms. The molecular weight excluding hydrogens is 338 g/mol. The molecule has 0 fully saturated rings. The van der Waals surface area contributed by atoms with Crippen LogP contribution in [0.3, 0.4) is 0 Å². The van der Waals surface area contributed by atoms with E-state index in [2.05, 4.69) is 36.8 Å². The van der Waals surface area contributed by atoms with Gasteiger partial charge in [-0.25, -0.2) is 13.1 Å². The van der Waals surface area contributed by atoms with Gasteiger partial charge in [-0.1, -0.05) is 32.0 Å². The second kappa shape index (κ2) is 8.36. The standard InChI is InChI=1S/C19H25NO4S/c1-5-14-7-8-15(6-2)16(11-14)13-20-25(21,22)17-9-10-18(23-3)19(12-17)24-4/h7-12,20H,5-6,13H2,1-4H3. The average Bonchev–Trinajstić information content (AvgIpc) is 2.65. The van der Waals surface area contributed by atoms with Crippen molar-refractivity contribution in [3.63, 3.8) is 0 Å². The largest absolute Gasteiger partial charge is 0.493 e. The molecule has 0 heterocycles. The summed E-state index contributed by atoms with van der Waals surface area (Å²) in [6.07, 6.45) is 1.77. The highest BCUT2D eigenvalue weighted by Gasteiger charge is 2.17. The fraction of sp³-hybridized carbons (Fsp3) is 0.368. The summed E-state index contributed by atoms with van der Waals surface area (Å²) in [5.74, 6) is 0.873. The van der Waals surface area contributed by atoms with Gasteiger partial charge in [0.25, 0.3) is 0 Å². The molecular formula is C19H25NO4S. The van der Waals surface area contributed by atoms with Crippen LogP contribution in [-0.4, -0.2) is 22.6 Å². The molecule has 1 N–H and O–H groups in total. The minimum Gasteiger partial charge on any atom is -0.493 e. The zero-order valence-corrected chi connectivity index (χ0v) is 15.9.